The molecule has 1 aromatic rings. The predicted molar refractivity (Wildman–Crippen MR) is 96.0 cm³/mol. The van der Waals surface area contributed by atoms with E-state index in [9.17, 15) is 0 Å². The van der Waals surface area contributed by atoms with Crippen molar-refractivity contribution in [2.75, 3.05) is 13.2 Å². The molecule has 2 N–H and O–H groups in total. The maximum Gasteiger partial charge on any atom is 0.108 e. The minimum atomic E-state index is 0.229. The van der Waals surface area contributed by atoms with Crippen LogP contribution in [0.4, 0.5) is 0 Å². The van der Waals surface area contributed by atoms with E-state index < -0.39 is 0 Å². The lowest BCUT2D eigenvalue weighted by molar-refractivity contribution is 0.0226. The molecule has 4 heteroatoms. The summed E-state index contributed by atoms with van der Waals surface area (Å²) in [6.45, 7) is 5.59. The molecule has 0 amide bonds. The van der Waals surface area contributed by atoms with Crippen LogP contribution in [-0.2, 0) is 4.74 Å². The summed E-state index contributed by atoms with van der Waals surface area (Å²) in [5.41, 5.74) is 3.78. The van der Waals surface area contributed by atoms with Gasteiger partial charge in [0, 0.05) is 30.4 Å². The lowest BCUT2D eigenvalue weighted by atomic mass is 10.0. The van der Waals surface area contributed by atoms with Crippen molar-refractivity contribution in [1.29, 1.82) is 0 Å². The first-order valence-corrected chi connectivity index (χ1v) is 8.23. The zero-order chi connectivity index (χ0) is 16.5. The van der Waals surface area contributed by atoms with Crippen molar-refractivity contribution in [1.82, 2.24) is 0 Å². The van der Waals surface area contributed by atoms with E-state index in [2.05, 4.69) is 28.0 Å². The number of nitrogens with two attached hydrogens (primary N) is 1. The van der Waals surface area contributed by atoms with Gasteiger partial charge in [0.05, 0.1) is 12.6 Å². The topological polar surface area (TPSA) is 60.0 Å². The Morgan fingerprint density at radius 2 is 2.30 bits per heavy atom. The second-order valence-corrected chi connectivity index (χ2v) is 5.68. The Morgan fingerprint density at radius 3 is 2.96 bits per heavy atom. The highest BCUT2D eigenvalue weighted by Gasteiger charge is 2.12. The van der Waals surface area contributed by atoms with Gasteiger partial charge >= 0.3 is 0 Å². The highest BCUT2D eigenvalue weighted by Crippen LogP contribution is 2.13. The molecule has 1 heterocycles. The van der Waals surface area contributed by atoms with E-state index in [0.717, 1.165) is 42.6 Å². The number of hydrazone groups is 1. The second kappa shape index (κ2) is 9.12. The number of aliphatic imine (C=N–C) groups is 1. The Hall–Kier alpha value is -2.12. The van der Waals surface area contributed by atoms with Crippen LogP contribution >= 0.6 is 0 Å². The maximum atomic E-state index is 5.68. The van der Waals surface area contributed by atoms with Gasteiger partial charge in [-0.15, -0.1) is 0 Å². The summed E-state index contributed by atoms with van der Waals surface area (Å²) in [6, 6.07) is 6.05. The van der Waals surface area contributed by atoms with Crippen molar-refractivity contribution in [3.05, 3.63) is 34.9 Å². The molecule has 0 spiro atoms. The van der Waals surface area contributed by atoms with Gasteiger partial charge in [-0.1, -0.05) is 24.8 Å². The quantitative estimate of drug-likeness (QED) is 0.402. The summed E-state index contributed by atoms with van der Waals surface area (Å²) in [6.07, 6.45) is 6.28. The van der Waals surface area contributed by atoms with E-state index in [0.29, 0.717) is 12.3 Å². The third kappa shape index (κ3) is 5.22. The SMILES string of the molecule is CCC#Cc1ccc(/C(C=NCC2CCCCO2)=N/N)c(C)c1. The molecule has 0 aliphatic carbocycles. The third-order valence-corrected chi connectivity index (χ3v) is 3.85. The summed E-state index contributed by atoms with van der Waals surface area (Å²) < 4.78 is 5.68. The number of rotatable bonds is 4. The van der Waals surface area contributed by atoms with E-state index in [4.69, 9.17) is 10.6 Å². The molecule has 1 saturated heterocycles. The first-order valence-electron chi connectivity index (χ1n) is 8.23. The van der Waals surface area contributed by atoms with E-state index in [-0.39, 0.29) is 6.10 Å². The molecule has 0 radical (unpaired) electrons. The minimum absolute atomic E-state index is 0.229. The summed E-state index contributed by atoms with van der Waals surface area (Å²) in [5, 5.41) is 3.88. The molecule has 1 unspecified atom stereocenters. The number of hydrogen-bond acceptors (Lipinski definition) is 4. The van der Waals surface area contributed by atoms with Crippen LogP contribution < -0.4 is 5.84 Å². The number of hydrogen-bond donors (Lipinski definition) is 1. The molecule has 1 atom stereocenters. The molecule has 23 heavy (non-hydrogen) atoms. The van der Waals surface area contributed by atoms with Crippen LogP contribution in [0.5, 0.6) is 0 Å². The van der Waals surface area contributed by atoms with Crippen LogP contribution in [-0.4, -0.2) is 31.2 Å². The van der Waals surface area contributed by atoms with E-state index in [1.807, 2.05) is 26.0 Å². The second-order valence-electron chi connectivity index (χ2n) is 5.68. The fourth-order valence-corrected chi connectivity index (χ4v) is 2.60. The molecule has 1 aliphatic heterocycles. The van der Waals surface area contributed by atoms with Crippen LogP contribution in [0.3, 0.4) is 0 Å². The van der Waals surface area contributed by atoms with Gasteiger partial charge in [0.25, 0.3) is 0 Å². The largest absolute Gasteiger partial charge is 0.376 e. The van der Waals surface area contributed by atoms with Crippen molar-refractivity contribution in [3.63, 3.8) is 0 Å². The summed E-state index contributed by atoms with van der Waals surface area (Å²) in [7, 11) is 0. The Labute approximate surface area is 138 Å². The molecule has 1 aliphatic rings. The first kappa shape index (κ1) is 17.2. The normalized spacial score (nSPS) is 18.7. The van der Waals surface area contributed by atoms with Crippen LogP contribution in [0.1, 0.15) is 49.3 Å². The highest BCUT2D eigenvalue weighted by atomic mass is 16.5. The van der Waals surface area contributed by atoms with Gasteiger partial charge in [0.1, 0.15) is 5.71 Å². The average Bonchev–Trinajstić information content (AvgIpc) is 2.58. The van der Waals surface area contributed by atoms with Crippen LogP contribution in [0.2, 0.25) is 0 Å². The fourth-order valence-electron chi connectivity index (χ4n) is 2.60. The molecule has 2 rings (SSSR count). The fraction of sp³-hybridized carbons (Fsp3) is 0.474. The van der Waals surface area contributed by atoms with Crippen molar-refractivity contribution in [3.8, 4) is 11.8 Å². The standard InChI is InChI=1S/C19H25N3O/c1-3-4-7-16-9-10-18(15(2)12-16)19(22-20)14-21-13-17-8-5-6-11-23-17/h9-10,12,14,17H,3,5-6,8,11,13,20H2,1-2H3/b21-14?,22-19+. The lowest BCUT2D eigenvalue weighted by Gasteiger charge is -2.20. The zero-order valence-corrected chi connectivity index (χ0v) is 14.0. The van der Waals surface area contributed by atoms with Crippen molar-refractivity contribution >= 4 is 11.9 Å². The van der Waals surface area contributed by atoms with Gasteiger partial charge in [-0.25, -0.2) is 0 Å². The first-order chi connectivity index (χ1) is 11.2. The molecule has 0 saturated carbocycles. The highest BCUT2D eigenvalue weighted by molar-refractivity contribution is 6.38. The monoisotopic (exact) mass is 311 g/mol. The molecule has 4 nitrogen and oxygen atoms in total. The third-order valence-electron chi connectivity index (χ3n) is 3.85. The van der Waals surface area contributed by atoms with Gasteiger partial charge in [-0.2, -0.15) is 5.10 Å². The Bertz CT molecular complexity index is 632. The Morgan fingerprint density at radius 1 is 1.43 bits per heavy atom. The number of aryl methyl sites for hydroxylation is 1. The molecule has 122 valence electrons. The molecular weight excluding hydrogens is 286 g/mol. The number of ether oxygens (including phenoxy) is 1. The predicted octanol–water partition coefficient (Wildman–Crippen LogP) is 3.06. The summed E-state index contributed by atoms with van der Waals surface area (Å²) in [5.74, 6) is 11.8. The smallest absolute Gasteiger partial charge is 0.108 e. The summed E-state index contributed by atoms with van der Waals surface area (Å²) >= 11 is 0. The van der Waals surface area contributed by atoms with Gasteiger partial charge in [0.2, 0.25) is 0 Å². The minimum Gasteiger partial charge on any atom is -0.376 e. The van der Waals surface area contributed by atoms with E-state index in [1.165, 1.54) is 6.42 Å². The van der Waals surface area contributed by atoms with Gasteiger partial charge in [-0.3, -0.25) is 4.99 Å². The maximum absolute atomic E-state index is 5.68. The van der Waals surface area contributed by atoms with E-state index >= 15 is 0 Å². The van der Waals surface area contributed by atoms with Gasteiger partial charge < -0.3 is 10.6 Å². The van der Waals surface area contributed by atoms with Crippen LogP contribution in [0.15, 0.2) is 28.3 Å². The summed E-state index contributed by atoms with van der Waals surface area (Å²) in [4.78, 5) is 4.47. The average molecular weight is 311 g/mol. The number of nitrogens with zero attached hydrogens (tertiary/aromatic N) is 2. The molecule has 1 fully saturated rings. The van der Waals surface area contributed by atoms with Crippen molar-refractivity contribution in [2.24, 2.45) is 15.9 Å². The van der Waals surface area contributed by atoms with Crippen molar-refractivity contribution < 1.29 is 4.74 Å². The zero-order valence-electron chi connectivity index (χ0n) is 14.0. The van der Waals surface area contributed by atoms with Crippen molar-refractivity contribution in [2.45, 2.75) is 45.6 Å². The molecule has 0 aromatic heterocycles. The number of benzene rings is 1. The molecule has 0 bridgehead atoms. The Kier molecular flexibility index (Phi) is 6.83. The molecular formula is C19H25N3O. The van der Waals surface area contributed by atoms with E-state index in [1.54, 1.807) is 6.21 Å². The lowest BCUT2D eigenvalue weighted by Crippen LogP contribution is -2.22. The Balaban J connectivity index is 2.05. The van der Waals surface area contributed by atoms with Gasteiger partial charge in [0.15, 0.2) is 0 Å². The van der Waals surface area contributed by atoms with Crippen LogP contribution in [0.25, 0.3) is 0 Å². The van der Waals surface area contributed by atoms with Gasteiger partial charge in [-0.05, 0) is 43.9 Å². The van der Waals surface area contributed by atoms with Crippen LogP contribution in [0, 0.1) is 18.8 Å². The molecule has 1 aromatic carbocycles.